The molecule has 116 valence electrons. The number of ketones is 1. The fourth-order valence-corrected chi connectivity index (χ4v) is 3.11. The van der Waals surface area contributed by atoms with E-state index in [0.717, 1.165) is 5.56 Å². The Balaban J connectivity index is 2.22. The minimum atomic E-state index is -3.96. The maximum Gasteiger partial charge on any atom is 0.297 e. The molecule has 0 amide bonds. The average molecular weight is 318 g/mol. The highest BCUT2D eigenvalue weighted by atomic mass is 32.2. The summed E-state index contributed by atoms with van der Waals surface area (Å²) in [6.07, 6.45) is -0.743. The number of carbonyl (C=O) groups excluding carboxylic acids is 1. The van der Waals surface area contributed by atoms with Gasteiger partial charge in [-0.25, -0.2) is 0 Å². The Morgan fingerprint density at radius 3 is 2.18 bits per heavy atom. The highest BCUT2D eigenvalue weighted by Gasteiger charge is 2.26. The van der Waals surface area contributed by atoms with E-state index in [2.05, 4.69) is 0 Å². The molecule has 0 radical (unpaired) electrons. The molecule has 0 aliphatic rings. The van der Waals surface area contributed by atoms with Gasteiger partial charge in [-0.2, -0.15) is 8.42 Å². The number of carbonyl (C=O) groups is 1. The molecule has 0 heterocycles. The molecule has 0 aliphatic heterocycles. The lowest BCUT2D eigenvalue weighted by Gasteiger charge is -2.15. The van der Waals surface area contributed by atoms with Gasteiger partial charge in [0.15, 0.2) is 5.78 Å². The van der Waals surface area contributed by atoms with Crippen molar-refractivity contribution in [2.45, 2.75) is 31.3 Å². The summed E-state index contributed by atoms with van der Waals surface area (Å²) in [7, 11) is -3.96. The molecule has 0 saturated heterocycles. The second kappa shape index (κ2) is 6.85. The lowest BCUT2D eigenvalue weighted by Crippen LogP contribution is -2.27. The molecule has 1 atom stereocenters. The minimum Gasteiger partial charge on any atom is -0.291 e. The van der Waals surface area contributed by atoms with Crippen LogP contribution in [0.2, 0.25) is 0 Å². The van der Waals surface area contributed by atoms with E-state index in [9.17, 15) is 13.2 Å². The third kappa shape index (κ3) is 3.81. The van der Waals surface area contributed by atoms with E-state index < -0.39 is 16.2 Å². The van der Waals surface area contributed by atoms with Crippen molar-refractivity contribution in [2.24, 2.45) is 0 Å². The molecule has 22 heavy (non-hydrogen) atoms. The Kier molecular flexibility index (Phi) is 5.11. The van der Waals surface area contributed by atoms with E-state index in [1.165, 1.54) is 12.1 Å². The molecule has 0 aliphatic carbocycles. The third-order valence-electron chi connectivity index (χ3n) is 3.27. The molecule has 0 N–H and O–H groups in total. The van der Waals surface area contributed by atoms with Gasteiger partial charge in [0.1, 0.15) is 6.10 Å². The lowest BCUT2D eigenvalue weighted by molar-refractivity contribution is 0.0796. The van der Waals surface area contributed by atoms with Crippen molar-refractivity contribution in [1.29, 1.82) is 0 Å². The molecule has 2 rings (SSSR count). The van der Waals surface area contributed by atoms with E-state index in [1.54, 1.807) is 49.4 Å². The fraction of sp³-hybridized carbons (Fsp3) is 0.235. The first-order chi connectivity index (χ1) is 10.4. The molecule has 0 spiro atoms. The zero-order chi connectivity index (χ0) is 16.2. The summed E-state index contributed by atoms with van der Waals surface area (Å²) in [5.41, 5.74) is 1.39. The normalized spacial score (nSPS) is 12.8. The number of benzene rings is 2. The Bertz CT molecular complexity index is 734. The summed E-state index contributed by atoms with van der Waals surface area (Å²) in [4.78, 5) is 12.4. The summed E-state index contributed by atoms with van der Waals surface area (Å²) >= 11 is 0. The van der Waals surface area contributed by atoms with E-state index in [0.29, 0.717) is 5.56 Å². The van der Waals surface area contributed by atoms with Gasteiger partial charge in [0, 0.05) is 5.56 Å². The predicted octanol–water partition coefficient (Wildman–Crippen LogP) is 3.36. The van der Waals surface area contributed by atoms with Crippen molar-refractivity contribution >= 4 is 15.9 Å². The monoisotopic (exact) mass is 318 g/mol. The number of aryl methyl sites for hydroxylation is 1. The molecule has 0 unspecified atom stereocenters. The van der Waals surface area contributed by atoms with Gasteiger partial charge in [-0.1, -0.05) is 55.0 Å². The van der Waals surface area contributed by atoms with Crippen molar-refractivity contribution in [1.82, 2.24) is 0 Å². The molecule has 0 bridgehead atoms. The Morgan fingerprint density at radius 2 is 1.64 bits per heavy atom. The molecule has 0 fully saturated rings. The standard InChI is InChI=1S/C17H18O4S/c1-3-16(17(18)14-7-5-4-6-8-14)21-22(19,20)15-11-9-13(2)10-12-15/h4-12,16H,3H2,1-2H3/t16-/m1/s1. The average Bonchev–Trinajstić information content (AvgIpc) is 2.53. The van der Waals surface area contributed by atoms with Crippen LogP contribution in [0.5, 0.6) is 0 Å². The predicted molar refractivity (Wildman–Crippen MR) is 84.3 cm³/mol. The number of hydrogen-bond donors (Lipinski definition) is 0. The second-order valence-electron chi connectivity index (χ2n) is 4.99. The van der Waals surface area contributed by atoms with E-state index in [-0.39, 0.29) is 17.1 Å². The van der Waals surface area contributed by atoms with Gasteiger partial charge in [-0.3, -0.25) is 8.98 Å². The molecular formula is C17H18O4S. The topological polar surface area (TPSA) is 60.4 Å². The van der Waals surface area contributed by atoms with Crippen molar-refractivity contribution in [3.05, 3.63) is 65.7 Å². The zero-order valence-electron chi connectivity index (χ0n) is 12.5. The summed E-state index contributed by atoms with van der Waals surface area (Å²) in [5, 5.41) is 0. The zero-order valence-corrected chi connectivity index (χ0v) is 13.3. The van der Waals surface area contributed by atoms with E-state index >= 15 is 0 Å². The summed E-state index contributed by atoms with van der Waals surface area (Å²) in [6.45, 7) is 3.58. The van der Waals surface area contributed by atoms with Crippen LogP contribution in [0.4, 0.5) is 0 Å². The third-order valence-corrected chi connectivity index (χ3v) is 4.61. The van der Waals surface area contributed by atoms with Gasteiger partial charge < -0.3 is 0 Å². The number of Topliss-reactive ketones (excluding diaryl/α,β-unsaturated/α-hetero) is 1. The highest BCUT2D eigenvalue weighted by molar-refractivity contribution is 7.86. The van der Waals surface area contributed by atoms with E-state index in [4.69, 9.17) is 4.18 Å². The first-order valence-corrected chi connectivity index (χ1v) is 8.44. The second-order valence-corrected chi connectivity index (χ2v) is 6.56. The first-order valence-electron chi connectivity index (χ1n) is 7.03. The summed E-state index contributed by atoms with van der Waals surface area (Å²) < 4.78 is 29.7. The lowest BCUT2D eigenvalue weighted by atomic mass is 10.1. The van der Waals surface area contributed by atoms with E-state index in [1.807, 2.05) is 6.92 Å². The van der Waals surface area contributed by atoms with Crippen LogP contribution in [-0.4, -0.2) is 20.3 Å². The van der Waals surface area contributed by atoms with Crippen molar-refractivity contribution < 1.29 is 17.4 Å². The van der Waals surface area contributed by atoms with Gasteiger partial charge in [-0.15, -0.1) is 0 Å². The van der Waals surface area contributed by atoms with Crippen molar-refractivity contribution in [3.8, 4) is 0 Å². The fourth-order valence-electron chi connectivity index (χ4n) is 2.00. The molecule has 5 heteroatoms. The summed E-state index contributed by atoms with van der Waals surface area (Å²) in [6, 6.07) is 14.9. The van der Waals surface area contributed by atoms with Crippen LogP contribution in [0, 0.1) is 6.92 Å². The van der Waals surface area contributed by atoms with Crippen LogP contribution in [0.3, 0.4) is 0 Å². The Morgan fingerprint density at radius 1 is 1.05 bits per heavy atom. The van der Waals surface area contributed by atoms with Gasteiger partial charge in [0.25, 0.3) is 10.1 Å². The van der Waals surface area contributed by atoms with Gasteiger partial charge in [0.2, 0.25) is 0 Å². The maximum atomic E-state index is 12.3. The van der Waals surface area contributed by atoms with Gasteiger partial charge in [-0.05, 0) is 25.5 Å². The Labute approximate surface area is 130 Å². The number of hydrogen-bond acceptors (Lipinski definition) is 4. The van der Waals surface area contributed by atoms with Gasteiger partial charge in [0.05, 0.1) is 4.90 Å². The molecule has 4 nitrogen and oxygen atoms in total. The molecule has 2 aromatic rings. The van der Waals surface area contributed by atoms with Crippen LogP contribution in [0.15, 0.2) is 59.5 Å². The molecule has 0 saturated carbocycles. The summed E-state index contributed by atoms with van der Waals surface area (Å²) in [5.74, 6) is -0.334. The molecule has 0 aromatic heterocycles. The number of rotatable bonds is 6. The van der Waals surface area contributed by atoms with Crippen molar-refractivity contribution in [3.63, 3.8) is 0 Å². The highest BCUT2D eigenvalue weighted by Crippen LogP contribution is 2.18. The van der Waals surface area contributed by atoms with Crippen molar-refractivity contribution in [2.75, 3.05) is 0 Å². The molecule has 2 aromatic carbocycles. The largest absolute Gasteiger partial charge is 0.297 e. The minimum absolute atomic E-state index is 0.0532. The first kappa shape index (κ1) is 16.4. The smallest absolute Gasteiger partial charge is 0.291 e. The van der Waals surface area contributed by atoms with Crippen LogP contribution in [0.1, 0.15) is 29.3 Å². The molecular weight excluding hydrogens is 300 g/mol. The SMILES string of the molecule is CC[C@@H](OS(=O)(=O)c1ccc(C)cc1)C(=O)c1ccccc1. The maximum absolute atomic E-state index is 12.3. The van der Waals surface area contributed by atoms with Gasteiger partial charge >= 0.3 is 0 Å². The Hall–Kier alpha value is -1.98. The van der Waals surface area contributed by atoms with Crippen LogP contribution >= 0.6 is 0 Å². The van der Waals surface area contributed by atoms with Crippen LogP contribution in [-0.2, 0) is 14.3 Å². The van der Waals surface area contributed by atoms with Crippen LogP contribution in [0.25, 0.3) is 0 Å². The quantitative estimate of drug-likeness (QED) is 0.605. The van der Waals surface area contributed by atoms with Crippen LogP contribution < -0.4 is 0 Å².